The van der Waals surface area contributed by atoms with Gasteiger partial charge in [0.05, 0.1) is 0 Å². The topological polar surface area (TPSA) is 15.8 Å². The Bertz CT molecular complexity index is 498. The van der Waals surface area contributed by atoms with E-state index in [0.717, 1.165) is 0 Å². The van der Waals surface area contributed by atoms with Crippen molar-refractivity contribution in [3.8, 4) is 0 Å². The van der Waals surface area contributed by atoms with E-state index in [0.29, 0.717) is 5.92 Å². The monoisotopic (exact) mass is 215 g/mol. The number of fused-ring (bicyclic) bond motifs is 1. The summed E-state index contributed by atoms with van der Waals surface area (Å²) in [5.41, 5.74) is 4.38. The minimum Gasteiger partial charge on any atom is -0.361 e. The van der Waals surface area contributed by atoms with Gasteiger partial charge >= 0.3 is 0 Å². The van der Waals surface area contributed by atoms with Gasteiger partial charge in [-0.1, -0.05) is 34.6 Å². The molecule has 0 aliphatic rings. The van der Waals surface area contributed by atoms with E-state index in [1.165, 1.54) is 22.0 Å². The molecular weight excluding hydrogens is 194 g/mol. The molecule has 2 aromatic rings. The Hall–Kier alpha value is -1.24. The summed E-state index contributed by atoms with van der Waals surface area (Å²) in [7, 11) is 0. The van der Waals surface area contributed by atoms with Crippen LogP contribution in [0.15, 0.2) is 24.4 Å². The van der Waals surface area contributed by atoms with Crippen LogP contribution in [0.2, 0.25) is 0 Å². The van der Waals surface area contributed by atoms with Gasteiger partial charge in [-0.15, -0.1) is 0 Å². The SMILES string of the molecule is CC(C)c1cc2cc[nH]c2cc1C(C)(C)C. The minimum atomic E-state index is 0.207. The predicted molar refractivity (Wildman–Crippen MR) is 71.1 cm³/mol. The lowest BCUT2D eigenvalue weighted by Crippen LogP contribution is -2.14. The van der Waals surface area contributed by atoms with E-state index in [4.69, 9.17) is 0 Å². The zero-order valence-electron chi connectivity index (χ0n) is 10.9. The highest BCUT2D eigenvalue weighted by Gasteiger charge is 2.20. The first kappa shape index (κ1) is 11.3. The quantitative estimate of drug-likeness (QED) is 0.716. The second kappa shape index (κ2) is 3.65. The molecule has 1 N–H and O–H groups in total. The van der Waals surface area contributed by atoms with Crippen LogP contribution in [0, 0.1) is 0 Å². The van der Waals surface area contributed by atoms with Crippen molar-refractivity contribution >= 4 is 10.9 Å². The number of rotatable bonds is 1. The number of aromatic nitrogens is 1. The molecule has 0 unspecified atom stereocenters. The third kappa shape index (κ3) is 1.87. The van der Waals surface area contributed by atoms with Crippen molar-refractivity contribution in [1.82, 2.24) is 4.98 Å². The molecule has 0 aliphatic heterocycles. The van der Waals surface area contributed by atoms with Gasteiger partial charge in [0.2, 0.25) is 0 Å². The smallest absolute Gasteiger partial charge is 0.0457 e. The average molecular weight is 215 g/mol. The Morgan fingerprint density at radius 2 is 1.81 bits per heavy atom. The van der Waals surface area contributed by atoms with E-state index in [9.17, 15) is 0 Å². The highest BCUT2D eigenvalue weighted by atomic mass is 14.7. The Morgan fingerprint density at radius 1 is 1.12 bits per heavy atom. The number of hydrogen-bond donors (Lipinski definition) is 1. The summed E-state index contributed by atoms with van der Waals surface area (Å²) in [5.74, 6) is 0.577. The molecule has 16 heavy (non-hydrogen) atoms. The first-order valence-corrected chi connectivity index (χ1v) is 6.01. The summed E-state index contributed by atoms with van der Waals surface area (Å²) in [6.45, 7) is 11.4. The van der Waals surface area contributed by atoms with Gasteiger partial charge in [0.15, 0.2) is 0 Å². The maximum atomic E-state index is 3.30. The van der Waals surface area contributed by atoms with Gasteiger partial charge in [0.25, 0.3) is 0 Å². The second-order valence-electron chi connectivity index (χ2n) is 5.91. The molecular formula is C15H21N. The molecule has 1 aromatic heterocycles. The highest BCUT2D eigenvalue weighted by molar-refractivity contribution is 5.81. The van der Waals surface area contributed by atoms with E-state index in [1.807, 2.05) is 6.20 Å². The van der Waals surface area contributed by atoms with Gasteiger partial charge in [0, 0.05) is 11.7 Å². The van der Waals surface area contributed by atoms with Crippen molar-refractivity contribution in [1.29, 1.82) is 0 Å². The van der Waals surface area contributed by atoms with Crippen molar-refractivity contribution in [2.45, 2.75) is 46.0 Å². The number of H-pyrrole nitrogens is 1. The van der Waals surface area contributed by atoms with Crippen molar-refractivity contribution in [3.05, 3.63) is 35.5 Å². The third-order valence-electron chi connectivity index (χ3n) is 3.15. The first-order valence-electron chi connectivity index (χ1n) is 6.01. The summed E-state index contributed by atoms with van der Waals surface area (Å²) in [5, 5.41) is 1.32. The zero-order valence-corrected chi connectivity index (χ0v) is 10.9. The molecule has 2 rings (SSSR count). The van der Waals surface area contributed by atoms with Crippen molar-refractivity contribution in [2.75, 3.05) is 0 Å². The lowest BCUT2D eigenvalue weighted by molar-refractivity contribution is 0.578. The van der Waals surface area contributed by atoms with Crippen LogP contribution in [0.1, 0.15) is 51.7 Å². The first-order chi connectivity index (χ1) is 7.39. The molecule has 0 saturated carbocycles. The molecule has 86 valence electrons. The largest absolute Gasteiger partial charge is 0.361 e. The van der Waals surface area contributed by atoms with E-state index in [-0.39, 0.29) is 5.41 Å². The maximum absolute atomic E-state index is 3.30. The van der Waals surface area contributed by atoms with Crippen LogP contribution in [0.25, 0.3) is 10.9 Å². The van der Waals surface area contributed by atoms with Gasteiger partial charge < -0.3 is 4.98 Å². The van der Waals surface area contributed by atoms with Crippen molar-refractivity contribution < 1.29 is 0 Å². The second-order valence-corrected chi connectivity index (χ2v) is 5.91. The Balaban J connectivity index is 2.72. The van der Waals surface area contributed by atoms with E-state index < -0.39 is 0 Å². The molecule has 1 nitrogen and oxygen atoms in total. The molecule has 0 saturated heterocycles. The Kier molecular flexibility index (Phi) is 2.57. The fourth-order valence-corrected chi connectivity index (χ4v) is 2.25. The van der Waals surface area contributed by atoms with Gasteiger partial charge in [-0.05, 0) is 46.0 Å². The lowest BCUT2D eigenvalue weighted by Gasteiger charge is -2.25. The summed E-state index contributed by atoms with van der Waals surface area (Å²) in [6.07, 6.45) is 2.02. The van der Waals surface area contributed by atoms with Gasteiger partial charge in [-0.25, -0.2) is 0 Å². The van der Waals surface area contributed by atoms with Gasteiger partial charge in [-0.2, -0.15) is 0 Å². The molecule has 0 radical (unpaired) electrons. The summed E-state index contributed by atoms with van der Waals surface area (Å²) < 4.78 is 0. The molecule has 0 amide bonds. The lowest BCUT2D eigenvalue weighted by atomic mass is 9.80. The van der Waals surface area contributed by atoms with E-state index >= 15 is 0 Å². The molecule has 0 fully saturated rings. The zero-order chi connectivity index (χ0) is 11.9. The molecule has 1 heterocycles. The molecule has 0 aliphatic carbocycles. The summed E-state index contributed by atoms with van der Waals surface area (Å²) >= 11 is 0. The normalized spacial score (nSPS) is 12.6. The standard InChI is InChI=1S/C15H21N/c1-10(2)12-8-11-6-7-16-14(11)9-13(12)15(3,4)5/h6-10,16H,1-5H3. The van der Waals surface area contributed by atoms with E-state index in [1.54, 1.807) is 0 Å². The van der Waals surface area contributed by atoms with E-state index in [2.05, 4.69) is 57.8 Å². The number of hydrogen-bond acceptors (Lipinski definition) is 0. The third-order valence-corrected chi connectivity index (χ3v) is 3.15. The molecule has 0 spiro atoms. The van der Waals surface area contributed by atoms with Crippen molar-refractivity contribution in [2.24, 2.45) is 0 Å². The van der Waals surface area contributed by atoms with Crippen LogP contribution in [0.5, 0.6) is 0 Å². The van der Waals surface area contributed by atoms with Crippen LogP contribution in [-0.2, 0) is 5.41 Å². The Labute approximate surface area is 97.9 Å². The van der Waals surface area contributed by atoms with Crippen LogP contribution >= 0.6 is 0 Å². The number of benzene rings is 1. The Morgan fingerprint density at radius 3 is 2.38 bits per heavy atom. The fourth-order valence-electron chi connectivity index (χ4n) is 2.25. The maximum Gasteiger partial charge on any atom is 0.0457 e. The molecule has 0 atom stereocenters. The molecule has 1 aromatic carbocycles. The fraction of sp³-hybridized carbons (Fsp3) is 0.467. The summed E-state index contributed by atoms with van der Waals surface area (Å²) in [4.78, 5) is 3.30. The highest BCUT2D eigenvalue weighted by Crippen LogP contribution is 2.33. The van der Waals surface area contributed by atoms with Gasteiger partial charge in [-0.3, -0.25) is 0 Å². The predicted octanol–water partition coefficient (Wildman–Crippen LogP) is 4.59. The summed E-state index contributed by atoms with van der Waals surface area (Å²) in [6, 6.07) is 6.79. The average Bonchev–Trinajstić information content (AvgIpc) is 2.60. The molecule has 1 heteroatoms. The minimum absolute atomic E-state index is 0.207. The number of aromatic amines is 1. The van der Waals surface area contributed by atoms with Crippen LogP contribution in [0.4, 0.5) is 0 Å². The number of nitrogens with one attached hydrogen (secondary N) is 1. The van der Waals surface area contributed by atoms with Crippen LogP contribution < -0.4 is 0 Å². The van der Waals surface area contributed by atoms with Crippen molar-refractivity contribution in [3.63, 3.8) is 0 Å². The molecule has 0 bridgehead atoms. The van der Waals surface area contributed by atoms with Crippen LogP contribution in [0.3, 0.4) is 0 Å². The van der Waals surface area contributed by atoms with Gasteiger partial charge in [0.1, 0.15) is 0 Å². The van der Waals surface area contributed by atoms with Crippen LogP contribution in [-0.4, -0.2) is 4.98 Å².